The number of halogens is 1. The highest BCUT2D eigenvalue weighted by Gasteiger charge is 2.67. The first-order valence-electron chi connectivity index (χ1n) is 8.17. The van der Waals surface area contributed by atoms with Crippen molar-refractivity contribution in [2.75, 3.05) is 7.11 Å². The lowest BCUT2D eigenvalue weighted by Crippen LogP contribution is -2.55. The van der Waals surface area contributed by atoms with E-state index < -0.39 is 23.2 Å². The zero-order chi connectivity index (χ0) is 18.2. The third-order valence-electron chi connectivity index (χ3n) is 5.23. The molecule has 0 amide bonds. The van der Waals surface area contributed by atoms with Crippen LogP contribution in [-0.2, 0) is 9.53 Å². The fourth-order valence-corrected chi connectivity index (χ4v) is 3.74. The molecule has 0 aromatic heterocycles. The number of carbonyl (C=O) groups is 1. The van der Waals surface area contributed by atoms with Gasteiger partial charge in [-0.3, -0.25) is 0 Å². The largest absolute Gasteiger partial charge is 0.467 e. The summed E-state index contributed by atoms with van der Waals surface area (Å²) in [6.07, 6.45) is 0. The molecule has 2 aromatic rings. The molecule has 3 atom stereocenters. The third kappa shape index (κ3) is 2.40. The Bertz CT molecular complexity index is 812. The van der Waals surface area contributed by atoms with E-state index in [2.05, 4.69) is 0 Å². The van der Waals surface area contributed by atoms with Crippen LogP contribution in [-0.4, -0.2) is 29.5 Å². The average molecular weight is 340 g/mol. The van der Waals surface area contributed by atoms with Crippen LogP contribution in [0.25, 0.3) is 5.57 Å². The zero-order valence-corrected chi connectivity index (χ0v) is 14.5. The second-order valence-corrected chi connectivity index (χ2v) is 6.52. The van der Waals surface area contributed by atoms with Gasteiger partial charge in [-0.1, -0.05) is 60.7 Å². The Morgan fingerprint density at radius 3 is 2.12 bits per heavy atom. The zero-order valence-electron chi connectivity index (χ0n) is 14.5. The summed E-state index contributed by atoms with van der Waals surface area (Å²) in [5.74, 6) is -2.03. The Balaban J connectivity index is 2.31. The molecule has 0 fully saturated rings. The molecule has 1 N–H and O–H groups in total. The van der Waals surface area contributed by atoms with E-state index in [9.17, 15) is 9.90 Å². The first kappa shape index (κ1) is 17.4. The van der Waals surface area contributed by atoms with Crippen molar-refractivity contribution in [2.45, 2.75) is 31.0 Å². The van der Waals surface area contributed by atoms with Crippen molar-refractivity contribution in [1.29, 1.82) is 0 Å². The molecule has 1 aliphatic carbocycles. The van der Waals surface area contributed by atoms with Crippen LogP contribution < -0.4 is 0 Å². The minimum Gasteiger partial charge on any atom is -0.467 e. The first-order valence-corrected chi connectivity index (χ1v) is 8.17. The number of ether oxygens (including phenoxy) is 1. The number of benzene rings is 2. The van der Waals surface area contributed by atoms with Crippen LogP contribution in [0.3, 0.4) is 0 Å². The van der Waals surface area contributed by atoms with Gasteiger partial charge in [0.1, 0.15) is 5.60 Å². The number of hydrogen-bond donors (Lipinski definition) is 1. The van der Waals surface area contributed by atoms with Gasteiger partial charge in [0.2, 0.25) is 5.67 Å². The Morgan fingerprint density at radius 1 is 1.08 bits per heavy atom. The molecule has 0 unspecified atom stereocenters. The van der Waals surface area contributed by atoms with Crippen LogP contribution in [0.5, 0.6) is 0 Å². The minimum atomic E-state index is -2.61. The summed E-state index contributed by atoms with van der Waals surface area (Å²) >= 11 is 0. The summed E-state index contributed by atoms with van der Waals surface area (Å²) in [5, 5.41) is 11.0. The van der Waals surface area contributed by atoms with E-state index in [0.717, 1.165) is 12.7 Å². The molecule has 0 saturated heterocycles. The van der Waals surface area contributed by atoms with Crippen molar-refractivity contribution in [2.24, 2.45) is 0 Å². The molecular formula is C21H21FO3. The molecule has 3 nitrogen and oxygen atoms in total. The summed E-state index contributed by atoms with van der Waals surface area (Å²) in [7, 11) is 1.14. The maximum atomic E-state index is 16.3. The van der Waals surface area contributed by atoms with Crippen molar-refractivity contribution in [3.8, 4) is 0 Å². The summed E-state index contributed by atoms with van der Waals surface area (Å²) in [6.45, 7) is 3.01. The molecule has 3 rings (SSSR count). The van der Waals surface area contributed by atoms with Gasteiger partial charge in [0.05, 0.1) is 13.0 Å². The number of alkyl halides is 1. The van der Waals surface area contributed by atoms with E-state index in [0.29, 0.717) is 16.7 Å². The minimum absolute atomic E-state index is 0.431. The molecule has 0 aliphatic heterocycles. The van der Waals surface area contributed by atoms with Gasteiger partial charge in [-0.05, 0) is 36.1 Å². The second kappa shape index (κ2) is 6.12. The van der Waals surface area contributed by atoms with Gasteiger partial charge < -0.3 is 9.84 Å². The van der Waals surface area contributed by atoms with Crippen molar-refractivity contribution >= 4 is 11.5 Å². The Labute approximate surface area is 146 Å². The smallest absolute Gasteiger partial charge is 0.348 e. The molecule has 0 spiro atoms. The number of hydrogen-bond acceptors (Lipinski definition) is 3. The van der Waals surface area contributed by atoms with E-state index in [4.69, 9.17) is 4.74 Å². The first-order chi connectivity index (χ1) is 11.9. The van der Waals surface area contributed by atoms with E-state index in [1.165, 1.54) is 6.92 Å². The summed E-state index contributed by atoms with van der Waals surface area (Å²) in [5.41, 5.74) is -2.15. The van der Waals surface area contributed by atoms with E-state index in [1.807, 2.05) is 36.4 Å². The monoisotopic (exact) mass is 340 g/mol. The average Bonchev–Trinajstić information content (AvgIpc) is 2.80. The number of methoxy groups -OCH3 is 1. The lowest BCUT2D eigenvalue weighted by atomic mass is 9.75. The fourth-order valence-electron chi connectivity index (χ4n) is 3.74. The molecule has 0 saturated carbocycles. The van der Waals surface area contributed by atoms with Crippen LogP contribution in [0.1, 0.15) is 30.9 Å². The molecule has 2 aromatic carbocycles. The van der Waals surface area contributed by atoms with Crippen LogP contribution in [0, 0.1) is 0 Å². The number of rotatable bonds is 3. The van der Waals surface area contributed by atoms with Crippen molar-refractivity contribution in [3.63, 3.8) is 0 Å². The maximum Gasteiger partial charge on any atom is 0.348 e. The molecule has 130 valence electrons. The van der Waals surface area contributed by atoms with Gasteiger partial charge in [0.15, 0.2) is 0 Å². The quantitative estimate of drug-likeness (QED) is 0.862. The Hall–Kier alpha value is -2.46. The van der Waals surface area contributed by atoms with E-state index >= 15 is 4.39 Å². The molecule has 0 heterocycles. The molecule has 0 bridgehead atoms. The third-order valence-corrected chi connectivity index (χ3v) is 5.23. The fraction of sp³-hybridized carbons (Fsp3) is 0.286. The molecule has 4 heteroatoms. The SMILES string of the molecule is COC(=O)[C@@]1(F)[C@@H](c2ccccc2)C(c2ccccc2)=C(C)[C@@]1(C)O. The highest BCUT2D eigenvalue weighted by molar-refractivity contribution is 5.94. The van der Waals surface area contributed by atoms with E-state index in [-0.39, 0.29) is 0 Å². The summed E-state index contributed by atoms with van der Waals surface area (Å²) in [4.78, 5) is 12.5. The number of carbonyl (C=O) groups excluding carboxylic acids is 1. The van der Waals surface area contributed by atoms with Crippen LogP contribution in [0.2, 0.25) is 0 Å². The topological polar surface area (TPSA) is 46.5 Å². The van der Waals surface area contributed by atoms with Crippen molar-refractivity contribution in [3.05, 3.63) is 77.4 Å². The maximum absolute atomic E-state index is 16.3. The highest BCUT2D eigenvalue weighted by atomic mass is 19.1. The van der Waals surface area contributed by atoms with Gasteiger partial charge >= 0.3 is 5.97 Å². The van der Waals surface area contributed by atoms with Gasteiger partial charge in [-0.2, -0.15) is 0 Å². The second-order valence-electron chi connectivity index (χ2n) is 6.52. The van der Waals surface area contributed by atoms with Crippen molar-refractivity contribution < 1.29 is 19.0 Å². The molecular weight excluding hydrogens is 319 g/mol. The Kier molecular flexibility index (Phi) is 4.25. The Morgan fingerprint density at radius 2 is 1.60 bits per heavy atom. The van der Waals surface area contributed by atoms with Gasteiger partial charge in [-0.15, -0.1) is 0 Å². The summed E-state index contributed by atoms with van der Waals surface area (Å²) < 4.78 is 21.0. The van der Waals surface area contributed by atoms with Crippen molar-refractivity contribution in [1.82, 2.24) is 0 Å². The number of allylic oxidation sites excluding steroid dienone is 1. The standard InChI is InChI=1S/C21H21FO3/c1-14-17(15-10-6-4-7-11-15)18(16-12-8-5-9-13-16)21(22,19(23)25-3)20(14,2)24/h4-13,18,24H,1-3H3/t18-,20+,21-/m0/s1. The number of esters is 1. The lowest BCUT2D eigenvalue weighted by molar-refractivity contribution is -0.169. The van der Waals surface area contributed by atoms with Gasteiger partial charge in [-0.25, -0.2) is 9.18 Å². The predicted octanol–water partition coefficient (Wildman–Crippen LogP) is 3.89. The van der Waals surface area contributed by atoms with Crippen LogP contribution >= 0.6 is 0 Å². The van der Waals surface area contributed by atoms with E-state index in [1.54, 1.807) is 31.2 Å². The summed E-state index contributed by atoms with van der Waals surface area (Å²) in [6, 6.07) is 18.2. The van der Waals surface area contributed by atoms with Gasteiger partial charge in [0.25, 0.3) is 0 Å². The van der Waals surface area contributed by atoms with Crippen LogP contribution in [0.4, 0.5) is 4.39 Å². The molecule has 25 heavy (non-hydrogen) atoms. The number of aliphatic hydroxyl groups is 1. The lowest BCUT2D eigenvalue weighted by Gasteiger charge is -2.36. The van der Waals surface area contributed by atoms with Gasteiger partial charge in [0, 0.05) is 0 Å². The normalized spacial score (nSPS) is 28.9. The van der Waals surface area contributed by atoms with Crippen LogP contribution in [0.15, 0.2) is 66.2 Å². The molecule has 0 radical (unpaired) electrons. The highest BCUT2D eigenvalue weighted by Crippen LogP contribution is 2.58. The predicted molar refractivity (Wildman–Crippen MR) is 94.7 cm³/mol. The molecule has 1 aliphatic rings.